The summed E-state index contributed by atoms with van der Waals surface area (Å²) in [6, 6.07) is 10.5. The Morgan fingerprint density at radius 1 is 1.21 bits per heavy atom. The van der Waals surface area contributed by atoms with Crippen LogP contribution in [0.25, 0.3) is 0 Å². The maximum absolute atomic E-state index is 11.9. The highest BCUT2D eigenvalue weighted by Gasteiger charge is 2.31. The molecule has 0 amide bonds. The highest BCUT2D eigenvalue weighted by Crippen LogP contribution is 2.22. The normalized spacial score (nSPS) is 17.2. The lowest BCUT2D eigenvalue weighted by Crippen LogP contribution is -2.24. The zero-order chi connectivity index (χ0) is 17.6. The summed E-state index contributed by atoms with van der Waals surface area (Å²) < 4.78 is 16.0. The number of carbonyl (C=O) groups excluding carboxylic acids is 2. The highest BCUT2D eigenvalue weighted by atomic mass is 28.3. The van der Waals surface area contributed by atoms with Gasteiger partial charge < -0.3 is 14.2 Å². The van der Waals surface area contributed by atoms with Crippen molar-refractivity contribution in [3.63, 3.8) is 0 Å². The largest absolute Gasteiger partial charge is 0.489 e. The number of esters is 2. The molecule has 24 heavy (non-hydrogen) atoms. The van der Waals surface area contributed by atoms with Crippen LogP contribution in [0.4, 0.5) is 0 Å². The summed E-state index contributed by atoms with van der Waals surface area (Å²) in [5, 5.41) is 0. The summed E-state index contributed by atoms with van der Waals surface area (Å²) >= 11 is 0. The number of hydrogen-bond donors (Lipinski definition) is 0. The number of hydrogen-bond acceptors (Lipinski definition) is 5. The predicted octanol–water partition coefficient (Wildman–Crippen LogP) is 3.28. The van der Waals surface area contributed by atoms with Gasteiger partial charge in [0.15, 0.2) is 6.10 Å². The molecule has 0 aliphatic carbocycles. The molecule has 0 radical (unpaired) electrons. The van der Waals surface area contributed by atoms with Gasteiger partial charge in [-0.25, -0.2) is 4.79 Å². The molecule has 0 aromatic heterocycles. The quantitative estimate of drug-likeness (QED) is 0.533. The van der Waals surface area contributed by atoms with E-state index in [2.05, 4.69) is 19.6 Å². The van der Waals surface area contributed by atoms with Gasteiger partial charge in [0.2, 0.25) is 0 Å². The van der Waals surface area contributed by atoms with Crippen molar-refractivity contribution in [1.29, 1.82) is 0 Å². The average molecular weight is 348 g/mol. The van der Waals surface area contributed by atoms with Gasteiger partial charge in [-0.3, -0.25) is 4.79 Å². The summed E-state index contributed by atoms with van der Waals surface area (Å²) in [5.74, 6) is -0.480. The van der Waals surface area contributed by atoms with Crippen molar-refractivity contribution in [3.8, 4) is 0 Å². The van der Waals surface area contributed by atoms with Gasteiger partial charge in [-0.2, -0.15) is 0 Å². The molecule has 1 aromatic rings. The van der Waals surface area contributed by atoms with E-state index in [4.69, 9.17) is 14.2 Å². The van der Waals surface area contributed by atoms with Gasteiger partial charge in [-0.05, 0) is 11.6 Å². The molecule has 0 spiro atoms. The van der Waals surface area contributed by atoms with Crippen LogP contribution in [0.3, 0.4) is 0 Å². The first-order valence-corrected chi connectivity index (χ1v) is 11.8. The maximum atomic E-state index is 11.9. The molecule has 1 atom stereocenters. The molecule has 1 aromatic carbocycles. The third-order valence-electron chi connectivity index (χ3n) is 3.55. The summed E-state index contributed by atoms with van der Waals surface area (Å²) in [6.07, 6.45) is 0.585. The van der Waals surface area contributed by atoms with Gasteiger partial charge in [0.1, 0.15) is 12.4 Å². The topological polar surface area (TPSA) is 61.8 Å². The first kappa shape index (κ1) is 18.3. The third kappa shape index (κ3) is 6.20. The molecule has 0 saturated carbocycles. The zero-order valence-corrected chi connectivity index (χ0v) is 15.4. The molecule has 0 saturated heterocycles. The molecule has 1 aliphatic rings. The van der Waals surface area contributed by atoms with Crippen molar-refractivity contribution in [2.75, 3.05) is 6.61 Å². The fourth-order valence-electron chi connectivity index (χ4n) is 2.14. The lowest BCUT2D eigenvalue weighted by molar-refractivity contribution is -0.149. The standard InChI is InChI=1S/C18H24O5Si/c1-24(2,3)10-9-21-17(19)12-16-15(11-18(20)23-16)22-13-14-7-5-4-6-8-14/h4-8,11,16H,9-10,12-13H2,1-3H3/t16-/m0/s1. The molecule has 0 fully saturated rings. The molecular formula is C18H24O5Si. The van der Waals surface area contributed by atoms with Gasteiger partial charge in [-0.1, -0.05) is 50.0 Å². The maximum Gasteiger partial charge on any atom is 0.335 e. The number of rotatable bonds is 8. The molecule has 130 valence electrons. The fourth-order valence-corrected chi connectivity index (χ4v) is 2.85. The van der Waals surface area contributed by atoms with E-state index < -0.39 is 20.1 Å². The average Bonchev–Trinajstić information content (AvgIpc) is 2.84. The SMILES string of the molecule is C[Si](C)(C)CCOC(=O)C[C@@H]1OC(=O)C=C1OCc1ccccc1. The van der Waals surface area contributed by atoms with Crippen LogP contribution in [0.5, 0.6) is 0 Å². The second-order valence-electron chi connectivity index (χ2n) is 6.98. The Hall–Kier alpha value is -2.08. The second kappa shape index (κ2) is 8.15. The molecule has 0 unspecified atom stereocenters. The van der Waals surface area contributed by atoms with Crippen LogP contribution in [-0.4, -0.2) is 32.7 Å². The van der Waals surface area contributed by atoms with Gasteiger partial charge in [0, 0.05) is 8.07 Å². The van der Waals surface area contributed by atoms with Crippen molar-refractivity contribution in [1.82, 2.24) is 0 Å². The zero-order valence-electron chi connectivity index (χ0n) is 14.4. The number of carbonyl (C=O) groups is 2. The van der Waals surface area contributed by atoms with Gasteiger partial charge >= 0.3 is 11.9 Å². The Bertz CT molecular complexity index is 604. The molecule has 1 heterocycles. The van der Waals surface area contributed by atoms with Crippen LogP contribution in [-0.2, 0) is 30.4 Å². The second-order valence-corrected chi connectivity index (χ2v) is 12.6. The van der Waals surface area contributed by atoms with Crippen molar-refractivity contribution in [3.05, 3.63) is 47.7 Å². The summed E-state index contributed by atoms with van der Waals surface area (Å²) in [6.45, 7) is 7.40. The third-order valence-corrected chi connectivity index (χ3v) is 5.26. The summed E-state index contributed by atoms with van der Waals surface area (Å²) in [7, 11) is -1.24. The van der Waals surface area contributed by atoms with E-state index in [0.29, 0.717) is 19.0 Å². The number of ether oxygens (including phenoxy) is 3. The van der Waals surface area contributed by atoms with Crippen LogP contribution in [0.1, 0.15) is 12.0 Å². The summed E-state index contributed by atoms with van der Waals surface area (Å²) in [4.78, 5) is 23.4. The van der Waals surface area contributed by atoms with Crippen LogP contribution >= 0.6 is 0 Å². The van der Waals surface area contributed by atoms with E-state index in [1.165, 1.54) is 6.08 Å². The van der Waals surface area contributed by atoms with Crippen LogP contribution in [0, 0.1) is 0 Å². The summed E-state index contributed by atoms with van der Waals surface area (Å²) in [5.41, 5.74) is 0.981. The molecule has 1 aliphatic heterocycles. The van der Waals surface area contributed by atoms with Crippen LogP contribution < -0.4 is 0 Å². The monoisotopic (exact) mass is 348 g/mol. The van der Waals surface area contributed by atoms with Crippen molar-refractivity contribution >= 4 is 20.0 Å². The Balaban J connectivity index is 1.82. The van der Waals surface area contributed by atoms with Crippen LogP contribution in [0.15, 0.2) is 42.2 Å². The molecular weight excluding hydrogens is 324 g/mol. The minimum Gasteiger partial charge on any atom is -0.489 e. The van der Waals surface area contributed by atoms with E-state index in [1.54, 1.807) is 0 Å². The minimum absolute atomic E-state index is 0.0158. The lowest BCUT2D eigenvalue weighted by atomic mass is 10.2. The molecule has 5 nitrogen and oxygen atoms in total. The van der Waals surface area contributed by atoms with E-state index in [-0.39, 0.29) is 12.4 Å². The molecule has 0 N–H and O–H groups in total. The van der Waals surface area contributed by atoms with E-state index in [9.17, 15) is 9.59 Å². The van der Waals surface area contributed by atoms with E-state index in [1.807, 2.05) is 30.3 Å². The fraction of sp³-hybridized carbons (Fsp3) is 0.444. The molecule has 2 rings (SSSR count). The highest BCUT2D eigenvalue weighted by molar-refractivity contribution is 6.76. The van der Waals surface area contributed by atoms with E-state index >= 15 is 0 Å². The van der Waals surface area contributed by atoms with Crippen molar-refractivity contribution in [2.24, 2.45) is 0 Å². The van der Waals surface area contributed by atoms with Crippen LogP contribution in [0.2, 0.25) is 25.7 Å². The predicted molar refractivity (Wildman–Crippen MR) is 92.9 cm³/mol. The molecule has 6 heteroatoms. The Morgan fingerprint density at radius 3 is 2.58 bits per heavy atom. The smallest absolute Gasteiger partial charge is 0.335 e. The van der Waals surface area contributed by atoms with Gasteiger partial charge in [0.05, 0.1) is 19.1 Å². The first-order chi connectivity index (χ1) is 11.3. The number of cyclic esters (lactones) is 1. The Kier molecular flexibility index (Phi) is 6.20. The van der Waals surface area contributed by atoms with Gasteiger partial charge in [0.25, 0.3) is 0 Å². The van der Waals surface area contributed by atoms with Gasteiger partial charge in [-0.15, -0.1) is 0 Å². The van der Waals surface area contributed by atoms with Crippen molar-refractivity contribution < 1.29 is 23.8 Å². The number of benzene rings is 1. The Morgan fingerprint density at radius 2 is 1.92 bits per heavy atom. The molecule has 0 bridgehead atoms. The van der Waals surface area contributed by atoms with Crippen molar-refractivity contribution in [2.45, 2.75) is 44.8 Å². The van der Waals surface area contributed by atoms with E-state index in [0.717, 1.165) is 11.6 Å². The lowest BCUT2D eigenvalue weighted by Gasteiger charge is -2.17. The Labute approximate surface area is 143 Å². The first-order valence-electron chi connectivity index (χ1n) is 8.08. The minimum atomic E-state index is -1.24.